The molecule has 2 aromatic carbocycles. The summed E-state index contributed by atoms with van der Waals surface area (Å²) in [4.78, 5) is 24.9. The molecule has 2 heterocycles. The minimum atomic E-state index is -1.14. The van der Waals surface area contributed by atoms with Crippen LogP contribution >= 0.6 is 11.6 Å². The van der Waals surface area contributed by atoms with Gasteiger partial charge in [0.05, 0.1) is 28.5 Å². The predicted octanol–water partition coefficient (Wildman–Crippen LogP) is 5.77. The first-order valence-electron chi connectivity index (χ1n) is 10.3. The molecular weight excluding hydrogens is 443 g/mol. The normalized spacial score (nSPS) is 16.7. The van der Waals surface area contributed by atoms with Crippen LogP contribution in [0.15, 0.2) is 77.5 Å². The van der Waals surface area contributed by atoms with Crippen LogP contribution in [0, 0.1) is 0 Å². The summed E-state index contributed by atoms with van der Waals surface area (Å²) in [6, 6.07) is 11.8. The highest BCUT2D eigenvalue weighted by Gasteiger charge is 2.27. The number of nitrogens with one attached hydrogen (secondary N) is 1. The van der Waals surface area contributed by atoms with Crippen LogP contribution in [0.1, 0.15) is 27.9 Å². The molecule has 164 valence electrons. The van der Waals surface area contributed by atoms with E-state index < -0.39 is 12.1 Å². The van der Waals surface area contributed by atoms with Crippen molar-refractivity contribution in [2.45, 2.75) is 19.1 Å². The van der Waals surface area contributed by atoms with Gasteiger partial charge in [-0.1, -0.05) is 42.0 Å². The lowest BCUT2D eigenvalue weighted by atomic mass is 9.90. The summed E-state index contributed by atoms with van der Waals surface area (Å²) in [7, 11) is 0. The molecule has 0 bridgehead atoms. The number of alkyl halides is 1. The number of anilines is 2. The molecule has 0 fully saturated rings. The van der Waals surface area contributed by atoms with Crippen LogP contribution in [-0.4, -0.2) is 32.9 Å². The van der Waals surface area contributed by atoms with Gasteiger partial charge in [0.1, 0.15) is 6.17 Å². The van der Waals surface area contributed by atoms with Crippen LogP contribution in [0.3, 0.4) is 0 Å². The van der Waals surface area contributed by atoms with Crippen molar-refractivity contribution in [3.05, 3.63) is 94.2 Å². The van der Waals surface area contributed by atoms with Crippen molar-refractivity contribution in [3.63, 3.8) is 0 Å². The topological polar surface area (TPSA) is 87.5 Å². The van der Waals surface area contributed by atoms with Gasteiger partial charge >= 0.3 is 5.97 Å². The number of carboxylic acids is 1. The molecule has 1 unspecified atom stereocenters. The van der Waals surface area contributed by atoms with Gasteiger partial charge in [0.15, 0.2) is 0 Å². The number of aromatic nitrogens is 2. The molecule has 5 rings (SSSR count). The van der Waals surface area contributed by atoms with Gasteiger partial charge in [-0.2, -0.15) is 0 Å². The lowest BCUT2D eigenvalue weighted by molar-refractivity contribution is 0.0697. The summed E-state index contributed by atoms with van der Waals surface area (Å²) >= 11 is 6.62. The molecule has 0 saturated heterocycles. The number of rotatable bonds is 4. The lowest BCUT2D eigenvalue weighted by Crippen LogP contribution is -2.17. The average Bonchev–Trinajstić information content (AvgIpc) is 2.97. The number of benzene rings is 2. The molecule has 2 N–H and O–H groups in total. The molecule has 0 spiro atoms. The first kappa shape index (κ1) is 21.0. The van der Waals surface area contributed by atoms with Gasteiger partial charge in [-0.25, -0.2) is 19.2 Å². The Balaban J connectivity index is 1.57. The molecule has 1 aliphatic heterocycles. The molecule has 1 atom stereocenters. The van der Waals surface area contributed by atoms with Crippen LogP contribution in [0.5, 0.6) is 0 Å². The van der Waals surface area contributed by atoms with Crippen molar-refractivity contribution >= 4 is 34.9 Å². The highest BCUT2D eigenvalue weighted by molar-refractivity contribution is 6.35. The molecule has 0 amide bonds. The smallest absolute Gasteiger partial charge is 0.335 e. The molecule has 6 nitrogen and oxygen atoms in total. The summed E-state index contributed by atoms with van der Waals surface area (Å²) in [6.07, 6.45) is 6.24. The van der Waals surface area contributed by atoms with Gasteiger partial charge < -0.3 is 10.4 Å². The van der Waals surface area contributed by atoms with E-state index >= 15 is 0 Å². The van der Waals surface area contributed by atoms with Gasteiger partial charge in [-0.15, -0.1) is 0 Å². The fourth-order valence-electron chi connectivity index (χ4n) is 3.91. The Hall–Kier alpha value is -3.84. The van der Waals surface area contributed by atoms with E-state index in [1.165, 1.54) is 12.1 Å². The van der Waals surface area contributed by atoms with E-state index in [4.69, 9.17) is 26.7 Å². The first-order chi connectivity index (χ1) is 16.0. The number of allylic oxidation sites excluding steroid dienone is 4. The average molecular weight is 461 g/mol. The maximum absolute atomic E-state index is 14.8. The van der Waals surface area contributed by atoms with Gasteiger partial charge in [-0.3, -0.25) is 4.99 Å². The molecular formula is C25H18ClFN4O2. The maximum Gasteiger partial charge on any atom is 0.335 e. The summed E-state index contributed by atoms with van der Waals surface area (Å²) in [6.45, 7) is 0.289. The monoisotopic (exact) mass is 460 g/mol. The van der Waals surface area contributed by atoms with E-state index in [0.29, 0.717) is 45.6 Å². The van der Waals surface area contributed by atoms with E-state index in [1.54, 1.807) is 36.5 Å². The molecule has 0 radical (unpaired) electrons. The minimum Gasteiger partial charge on any atom is -0.478 e. The third-order valence-corrected chi connectivity index (χ3v) is 5.85. The highest BCUT2D eigenvalue weighted by atomic mass is 35.5. The zero-order chi connectivity index (χ0) is 22.9. The molecule has 8 heteroatoms. The largest absolute Gasteiger partial charge is 0.478 e. The molecule has 0 saturated carbocycles. The van der Waals surface area contributed by atoms with Crippen molar-refractivity contribution in [1.82, 2.24) is 9.97 Å². The number of fused-ring (bicyclic) bond motifs is 3. The van der Waals surface area contributed by atoms with E-state index in [-0.39, 0.29) is 12.1 Å². The van der Waals surface area contributed by atoms with E-state index in [2.05, 4.69) is 10.3 Å². The van der Waals surface area contributed by atoms with Crippen LogP contribution < -0.4 is 5.32 Å². The number of carbonyl (C=O) groups is 1. The predicted molar refractivity (Wildman–Crippen MR) is 126 cm³/mol. The molecule has 2 aliphatic rings. The number of hydrogen-bond acceptors (Lipinski definition) is 5. The number of aliphatic imine (C=N–C) groups is 1. The van der Waals surface area contributed by atoms with Crippen LogP contribution in [0.2, 0.25) is 5.02 Å². The van der Waals surface area contributed by atoms with E-state index in [1.807, 2.05) is 18.2 Å². The fourth-order valence-corrected chi connectivity index (χ4v) is 4.18. The van der Waals surface area contributed by atoms with Crippen molar-refractivity contribution in [2.24, 2.45) is 4.99 Å². The number of aromatic carboxylic acids is 1. The van der Waals surface area contributed by atoms with Gasteiger partial charge in [-0.05, 0) is 30.3 Å². The summed E-state index contributed by atoms with van der Waals surface area (Å²) in [5, 5.41) is 12.7. The Kier molecular flexibility index (Phi) is 5.48. The molecule has 33 heavy (non-hydrogen) atoms. The molecule has 1 aliphatic carbocycles. The van der Waals surface area contributed by atoms with Crippen molar-refractivity contribution < 1.29 is 14.3 Å². The van der Waals surface area contributed by atoms with Gasteiger partial charge in [0.25, 0.3) is 0 Å². The SMILES string of the molecule is O=C(O)c1ccc(Nc2ncc3c(n2)-c2c(Cl)cccc2C(C2=CC=CCC2F)=NC3)cc1. The zero-order valence-electron chi connectivity index (χ0n) is 17.3. The zero-order valence-corrected chi connectivity index (χ0v) is 18.1. The van der Waals surface area contributed by atoms with Crippen molar-refractivity contribution in [3.8, 4) is 11.3 Å². The summed E-state index contributed by atoms with van der Waals surface area (Å²) in [5.74, 6) is -0.668. The van der Waals surface area contributed by atoms with Crippen LogP contribution in [-0.2, 0) is 6.54 Å². The molecule has 1 aromatic heterocycles. The Morgan fingerprint density at radius 3 is 2.76 bits per heavy atom. The van der Waals surface area contributed by atoms with Crippen molar-refractivity contribution in [2.75, 3.05) is 5.32 Å². The van der Waals surface area contributed by atoms with Gasteiger partial charge in [0.2, 0.25) is 5.95 Å². The second kappa shape index (κ2) is 8.60. The third kappa shape index (κ3) is 4.03. The summed E-state index contributed by atoms with van der Waals surface area (Å²) in [5.41, 5.74) is 4.72. The van der Waals surface area contributed by atoms with Gasteiger partial charge in [0, 0.05) is 40.6 Å². The fraction of sp³-hybridized carbons (Fsp3) is 0.120. The summed E-state index contributed by atoms with van der Waals surface area (Å²) < 4.78 is 14.8. The molecule has 3 aromatic rings. The highest BCUT2D eigenvalue weighted by Crippen LogP contribution is 2.38. The maximum atomic E-state index is 14.8. The second-order valence-corrected chi connectivity index (χ2v) is 8.06. The second-order valence-electron chi connectivity index (χ2n) is 7.66. The van der Waals surface area contributed by atoms with E-state index in [9.17, 15) is 9.18 Å². The standard InChI is InChI=1S/C25H18ClFN4O2/c26-19-6-3-5-18-21(19)22-15(12-28-23(18)17-4-1-2-7-20(17)27)13-29-25(31-22)30-16-10-8-14(9-11-16)24(32)33/h1-6,8-11,13,20H,7,12H2,(H,32,33)(H,29,30,31). The van der Waals surface area contributed by atoms with Crippen molar-refractivity contribution in [1.29, 1.82) is 0 Å². The Morgan fingerprint density at radius 2 is 2.00 bits per heavy atom. The third-order valence-electron chi connectivity index (χ3n) is 5.53. The Labute approximate surface area is 194 Å². The lowest BCUT2D eigenvalue weighted by Gasteiger charge is -2.18. The Morgan fingerprint density at radius 1 is 1.18 bits per heavy atom. The van der Waals surface area contributed by atoms with Crippen LogP contribution in [0.4, 0.5) is 16.0 Å². The first-order valence-corrected chi connectivity index (χ1v) is 10.7. The van der Waals surface area contributed by atoms with E-state index in [0.717, 1.165) is 11.1 Å². The Bertz CT molecular complexity index is 1350. The number of nitrogens with zero attached hydrogens (tertiary/aromatic N) is 3. The van der Waals surface area contributed by atoms with Crippen LogP contribution in [0.25, 0.3) is 11.3 Å². The number of carboxylic acid groups (broad SMARTS) is 1. The quantitative estimate of drug-likeness (QED) is 0.516. The number of halogens is 2. The minimum absolute atomic E-state index is 0.187. The number of hydrogen-bond donors (Lipinski definition) is 2.